The second kappa shape index (κ2) is 8.74. The lowest BCUT2D eigenvalue weighted by atomic mass is 9.77. The molecular weight excluding hydrogens is 438 g/mol. The molecule has 1 amide bonds. The van der Waals surface area contributed by atoms with Crippen molar-refractivity contribution in [2.75, 3.05) is 39.4 Å². The van der Waals surface area contributed by atoms with Crippen LogP contribution in [0.5, 0.6) is 5.75 Å². The van der Waals surface area contributed by atoms with Crippen molar-refractivity contribution in [3.63, 3.8) is 0 Å². The van der Waals surface area contributed by atoms with E-state index in [0.717, 1.165) is 95.7 Å². The van der Waals surface area contributed by atoms with Crippen LogP contribution >= 0.6 is 0 Å². The highest BCUT2D eigenvalue weighted by Crippen LogP contribution is 2.51. The Kier molecular flexibility index (Phi) is 5.84. The maximum absolute atomic E-state index is 14.2. The summed E-state index contributed by atoms with van der Waals surface area (Å²) >= 11 is 0. The molecule has 186 valence electrons. The largest absolute Gasteiger partial charge is 0.490 e. The first kappa shape index (κ1) is 22.7. The fourth-order valence-electron chi connectivity index (χ4n) is 6.78. The molecule has 6 rings (SSSR count). The summed E-state index contributed by atoms with van der Waals surface area (Å²) in [7, 11) is 0. The van der Waals surface area contributed by atoms with E-state index in [4.69, 9.17) is 9.47 Å². The van der Waals surface area contributed by atoms with Crippen molar-refractivity contribution in [3.05, 3.63) is 29.6 Å². The highest BCUT2D eigenvalue weighted by atomic mass is 19.1. The Bertz CT molecular complexity index is 916. The number of rotatable bonds is 5. The summed E-state index contributed by atoms with van der Waals surface area (Å²) < 4.78 is 40.0. The van der Waals surface area contributed by atoms with Gasteiger partial charge in [0.15, 0.2) is 5.67 Å². The van der Waals surface area contributed by atoms with Crippen molar-refractivity contribution in [1.29, 1.82) is 0 Å². The van der Waals surface area contributed by atoms with E-state index in [1.807, 2.05) is 0 Å². The number of carbonyl (C=O) groups is 1. The number of alkyl halides is 1. The van der Waals surface area contributed by atoms with Crippen LogP contribution in [-0.2, 0) is 9.53 Å². The summed E-state index contributed by atoms with van der Waals surface area (Å²) in [5.74, 6) is 0.691. The molecule has 0 unspecified atom stereocenters. The van der Waals surface area contributed by atoms with Gasteiger partial charge in [-0.3, -0.25) is 4.79 Å². The molecule has 1 aromatic rings. The maximum Gasteiger partial charge on any atom is 0.260 e. The molecule has 7 heteroatoms. The molecule has 1 spiro atoms. The van der Waals surface area contributed by atoms with E-state index in [1.54, 1.807) is 17.0 Å². The van der Waals surface area contributed by atoms with Gasteiger partial charge in [-0.05, 0) is 82.2 Å². The van der Waals surface area contributed by atoms with Gasteiger partial charge >= 0.3 is 0 Å². The molecular formula is C27H36F2N2O3. The quantitative estimate of drug-likeness (QED) is 0.633. The summed E-state index contributed by atoms with van der Waals surface area (Å²) in [6, 6.07) is 5.53. The smallest absolute Gasteiger partial charge is 0.260 e. The lowest BCUT2D eigenvalue weighted by Crippen LogP contribution is -2.60. The lowest BCUT2D eigenvalue weighted by molar-refractivity contribution is -0.150. The number of hydrogen-bond donors (Lipinski definition) is 0. The number of halogens is 2. The van der Waals surface area contributed by atoms with E-state index in [2.05, 4.69) is 4.90 Å². The number of likely N-dealkylation sites (tertiary alicyclic amines) is 2. The monoisotopic (exact) mass is 474 g/mol. The van der Waals surface area contributed by atoms with Crippen molar-refractivity contribution < 1.29 is 23.0 Å². The molecule has 34 heavy (non-hydrogen) atoms. The van der Waals surface area contributed by atoms with Crippen LogP contribution in [-0.4, -0.2) is 72.9 Å². The summed E-state index contributed by atoms with van der Waals surface area (Å²) in [5, 5.41) is 0. The molecule has 0 aromatic heterocycles. The summed E-state index contributed by atoms with van der Waals surface area (Å²) in [4.78, 5) is 16.6. The molecule has 3 aliphatic heterocycles. The number of benzene rings is 1. The molecule has 0 N–H and O–H groups in total. The van der Waals surface area contributed by atoms with Gasteiger partial charge in [0.05, 0.1) is 13.2 Å². The van der Waals surface area contributed by atoms with Gasteiger partial charge in [-0.15, -0.1) is 0 Å². The fraction of sp³-hybridized carbons (Fsp3) is 0.741. The fourth-order valence-corrected chi connectivity index (χ4v) is 6.78. The van der Waals surface area contributed by atoms with Crippen LogP contribution in [0.4, 0.5) is 8.78 Å². The predicted molar refractivity (Wildman–Crippen MR) is 124 cm³/mol. The van der Waals surface area contributed by atoms with E-state index < -0.39 is 5.67 Å². The average Bonchev–Trinajstić information content (AvgIpc) is 3.43. The van der Waals surface area contributed by atoms with Crippen LogP contribution in [0.2, 0.25) is 0 Å². The number of carbonyl (C=O) groups excluding carboxylic acids is 1. The van der Waals surface area contributed by atoms with Gasteiger partial charge in [0.1, 0.15) is 17.7 Å². The third-order valence-electron chi connectivity index (χ3n) is 9.01. The van der Waals surface area contributed by atoms with Gasteiger partial charge < -0.3 is 19.3 Å². The maximum atomic E-state index is 14.2. The molecule has 3 heterocycles. The molecule has 1 atom stereocenters. The Labute approximate surface area is 200 Å². The van der Waals surface area contributed by atoms with Gasteiger partial charge in [-0.1, -0.05) is 0 Å². The highest BCUT2D eigenvalue weighted by Gasteiger charge is 2.58. The molecule has 1 aromatic carbocycles. The van der Waals surface area contributed by atoms with Crippen LogP contribution in [0.3, 0.4) is 0 Å². The molecule has 0 bridgehead atoms. The first-order valence-corrected chi connectivity index (χ1v) is 13.2. The topological polar surface area (TPSA) is 42.0 Å². The zero-order valence-electron chi connectivity index (χ0n) is 19.9. The van der Waals surface area contributed by atoms with Gasteiger partial charge in [0.25, 0.3) is 5.91 Å². The molecule has 5 aliphatic rings. The van der Waals surface area contributed by atoms with Crippen molar-refractivity contribution in [2.45, 2.75) is 81.5 Å². The second-order valence-electron chi connectivity index (χ2n) is 11.4. The predicted octanol–water partition coefficient (Wildman–Crippen LogP) is 4.45. The first-order chi connectivity index (χ1) is 16.4. The second-order valence-corrected chi connectivity index (χ2v) is 11.4. The minimum absolute atomic E-state index is 0.147. The zero-order chi connectivity index (χ0) is 23.3. The zero-order valence-corrected chi connectivity index (χ0v) is 19.9. The summed E-state index contributed by atoms with van der Waals surface area (Å²) in [6.07, 6.45) is 8.13. The molecule has 5 nitrogen and oxygen atoms in total. The Morgan fingerprint density at radius 1 is 1.03 bits per heavy atom. The van der Waals surface area contributed by atoms with E-state index in [9.17, 15) is 13.6 Å². The average molecular weight is 475 g/mol. The van der Waals surface area contributed by atoms with Crippen molar-refractivity contribution in [2.24, 2.45) is 5.41 Å². The summed E-state index contributed by atoms with van der Waals surface area (Å²) in [5.41, 5.74) is -0.316. The van der Waals surface area contributed by atoms with Crippen LogP contribution < -0.4 is 4.74 Å². The van der Waals surface area contributed by atoms with Crippen LogP contribution in [0.15, 0.2) is 18.2 Å². The Balaban J connectivity index is 1.03. The minimum atomic E-state index is -1.54. The van der Waals surface area contributed by atoms with E-state index in [-0.39, 0.29) is 23.2 Å². The summed E-state index contributed by atoms with van der Waals surface area (Å²) in [6.45, 7) is 4.94. The lowest BCUT2D eigenvalue weighted by Gasteiger charge is -2.49. The van der Waals surface area contributed by atoms with Gasteiger partial charge in [-0.25, -0.2) is 8.78 Å². The number of piperidine rings is 1. The van der Waals surface area contributed by atoms with Crippen LogP contribution in [0, 0.1) is 11.2 Å². The van der Waals surface area contributed by atoms with Crippen molar-refractivity contribution >= 4 is 5.91 Å². The molecule has 2 saturated carbocycles. The minimum Gasteiger partial charge on any atom is -0.490 e. The SMILES string of the molecule is O=C(N1CC2(CC[C@@H](N3CCC(c4cc(F)ccc4OC4CCOCC4)CC3)C2)C1)C1(F)CC1. The Morgan fingerprint density at radius 3 is 2.47 bits per heavy atom. The number of amides is 1. The molecule has 2 aliphatic carbocycles. The first-order valence-electron chi connectivity index (χ1n) is 13.2. The van der Waals surface area contributed by atoms with Crippen LogP contribution in [0.25, 0.3) is 0 Å². The third-order valence-corrected chi connectivity index (χ3v) is 9.01. The molecule has 3 saturated heterocycles. The normalized spacial score (nSPS) is 29.2. The van der Waals surface area contributed by atoms with Gasteiger partial charge in [-0.2, -0.15) is 0 Å². The van der Waals surface area contributed by atoms with Crippen LogP contribution in [0.1, 0.15) is 69.3 Å². The molecule has 0 radical (unpaired) electrons. The Hall–Kier alpha value is -1.73. The van der Waals surface area contributed by atoms with E-state index >= 15 is 0 Å². The van der Waals surface area contributed by atoms with E-state index in [0.29, 0.717) is 24.8 Å². The van der Waals surface area contributed by atoms with Crippen molar-refractivity contribution in [1.82, 2.24) is 9.80 Å². The third kappa shape index (κ3) is 4.34. The number of nitrogens with zero attached hydrogens (tertiary/aromatic N) is 2. The van der Waals surface area contributed by atoms with Gasteiger partial charge in [0.2, 0.25) is 0 Å². The number of ether oxygens (including phenoxy) is 2. The highest BCUT2D eigenvalue weighted by molar-refractivity contribution is 5.88. The number of hydrogen-bond acceptors (Lipinski definition) is 4. The molecule has 5 fully saturated rings. The van der Waals surface area contributed by atoms with E-state index in [1.165, 1.54) is 6.07 Å². The Morgan fingerprint density at radius 2 is 1.76 bits per heavy atom. The van der Waals surface area contributed by atoms with Gasteiger partial charge in [0, 0.05) is 43.0 Å². The van der Waals surface area contributed by atoms with Crippen molar-refractivity contribution in [3.8, 4) is 5.75 Å². The standard InChI is InChI=1S/C27H36F2N2O3/c28-20-1-2-24(34-22-6-13-33-14-7-22)23(15-20)19-4-11-30(12-5-19)21-3-8-26(16-21)17-31(18-26)25(32)27(29)9-10-27/h1-2,15,19,21-22H,3-14,16-18H2/t21-/m1/s1.